The van der Waals surface area contributed by atoms with Gasteiger partial charge in [-0.25, -0.2) is 4.79 Å². The van der Waals surface area contributed by atoms with Gasteiger partial charge in [-0.1, -0.05) is 72.0 Å². The van der Waals surface area contributed by atoms with Crippen LogP contribution in [0.2, 0.25) is 0 Å². The molecule has 0 N–H and O–H groups in total. The molecule has 3 rings (SSSR count). The molecule has 0 aliphatic heterocycles. The van der Waals surface area contributed by atoms with Gasteiger partial charge >= 0.3 is 5.97 Å². The van der Waals surface area contributed by atoms with Crippen LogP contribution in [0.4, 0.5) is 0 Å². The highest BCUT2D eigenvalue weighted by Gasteiger charge is 2.04. The highest BCUT2D eigenvalue weighted by molar-refractivity contribution is 5.89. The van der Waals surface area contributed by atoms with Gasteiger partial charge in [0.05, 0.1) is 12.2 Å². The molecule has 0 unspecified atom stereocenters. The van der Waals surface area contributed by atoms with Gasteiger partial charge in [-0.15, -0.1) is 0 Å². The molecular weight excluding hydrogens is 344 g/mol. The molecule has 0 radical (unpaired) electrons. The summed E-state index contributed by atoms with van der Waals surface area (Å²) in [7, 11) is 0. The minimum atomic E-state index is -0.300. The lowest BCUT2D eigenvalue weighted by Crippen LogP contribution is -2.03. The molecule has 0 bridgehead atoms. The quantitative estimate of drug-likeness (QED) is 0.424. The first-order valence-corrected chi connectivity index (χ1v) is 9.28. The Hall–Kier alpha value is -3.57. The van der Waals surface area contributed by atoms with Gasteiger partial charge in [0, 0.05) is 5.56 Å². The van der Waals surface area contributed by atoms with Gasteiger partial charge in [0.25, 0.3) is 0 Å². The van der Waals surface area contributed by atoms with Crippen molar-refractivity contribution in [3.8, 4) is 23.0 Å². The molecule has 0 aromatic heterocycles. The van der Waals surface area contributed by atoms with E-state index >= 15 is 0 Å². The predicted octanol–water partition coefficient (Wildman–Crippen LogP) is 5.90. The van der Waals surface area contributed by atoms with Crippen LogP contribution in [0.5, 0.6) is 0 Å². The summed E-state index contributed by atoms with van der Waals surface area (Å²) in [4.78, 5) is 11.7. The average molecular weight is 366 g/mol. The smallest absolute Gasteiger partial charge is 0.338 e. The number of allylic oxidation sites excluding steroid dienone is 1. The minimum Gasteiger partial charge on any atom is -0.462 e. The fraction of sp³-hybridized carbons (Fsp3) is 0.115. The van der Waals surface area contributed by atoms with Crippen molar-refractivity contribution in [2.45, 2.75) is 13.8 Å². The predicted molar refractivity (Wildman–Crippen MR) is 115 cm³/mol. The number of benzene rings is 3. The fourth-order valence-corrected chi connectivity index (χ4v) is 2.78. The van der Waals surface area contributed by atoms with E-state index in [1.807, 2.05) is 42.5 Å². The van der Waals surface area contributed by atoms with E-state index in [0.717, 1.165) is 22.3 Å². The molecular formula is C26H22O2. The molecule has 0 fully saturated rings. The zero-order valence-corrected chi connectivity index (χ0v) is 16.1. The SMILES string of the molecule is CCOC(=O)c1ccc(/C=C/C#Cc2ccccc2-c2ccc(C)cc2)cc1. The summed E-state index contributed by atoms with van der Waals surface area (Å²) in [6.07, 6.45) is 3.75. The number of esters is 1. The molecule has 0 saturated heterocycles. The molecule has 0 amide bonds. The van der Waals surface area contributed by atoms with E-state index in [0.29, 0.717) is 12.2 Å². The molecule has 28 heavy (non-hydrogen) atoms. The maximum Gasteiger partial charge on any atom is 0.338 e. The van der Waals surface area contributed by atoms with Crippen LogP contribution in [-0.2, 0) is 4.74 Å². The van der Waals surface area contributed by atoms with Crippen LogP contribution < -0.4 is 0 Å². The van der Waals surface area contributed by atoms with Crippen LogP contribution in [0, 0.1) is 18.8 Å². The molecule has 2 nitrogen and oxygen atoms in total. The number of carbonyl (C=O) groups excluding carboxylic acids is 1. The lowest BCUT2D eigenvalue weighted by molar-refractivity contribution is 0.0526. The van der Waals surface area contributed by atoms with E-state index in [-0.39, 0.29) is 5.97 Å². The van der Waals surface area contributed by atoms with Gasteiger partial charge in [-0.3, -0.25) is 0 Å². The standard InChI is InChI=1S/C26H22O2/c1-3-28-26(27)24-18-14-21(15-19-24)8-4-5-9-22-10-6-7-11-25(22)23-16-12-20(2)13-17-23/h4,6-8,10-19H,3H2,1-2H3/b8-4+. The van der Waals surface area contributed by atoms with Crippen LogP contribution in [0.3, 0.4) is 0 Å². The van der Waals surface area contributed by atoms with E-state index in [1.54, 1.807) is 19.1 Å². The van der Waals surface area contributed by atoms with Crippen molar-refractivity contribution in [2.24, 2.45) is 0 Å². The Balaban J connectivity index is 1.74. The topological polar surface area (TPSA) is 26.3 Å². The average Bonchev–Trinajstić information content (AvgIpc) is 2.73. The third-order valence-corrected chi connectivity index (χ3v) is 4.28. The molecule has 138 valence electrons. The largest absolute Gasteiger partial charge is 0.462 e. The maximum absolute atomic E-state index is 11.7. The highest BCUT2D eigenvalue weighted by atomic mass is 16.5. The second kappa shape index (κ2) is 9.39. The number of carbonyl (C=O) groups is 1. The first kappa shape index (κ1) is 19.2. The van der Waals surface area contributed by atoms with Gasteiger partial charge in [0.1, 0.15) is 0 Å². The first-order valence-electron chi connectivity index (χ1n) is 9.28. The Morgan fingerprint density at radius 2 is 1.68 bits per heavy atom. The van der Waals surface area contributed by atoms with Gasteiger partial charge in [0.2, 0.25) is 0 Å². The van der Waals surface area contributed by atoms with Crippen molar-refractivity contribution < 1.29 is 9.53 Å². The maximum atomic E-state index is 11.7. The van der Waals surface area contributed by atoms with Crippen LogP contribution in [0.15, 0.2) is 78.9 Å². The fourth-order valence-electron chi connectivity index (χ4n) is 2.78. The number of hydrogen-bond donors (Lipinski definition) is 0. The molecule has 0 aliphatic carbocycles. The zero-order valence-electron chi connectivity index (χ0n) is 16.1. The Bertz CT molecular complexity index is 1030. The monoisotopic (exact) mass is 366 g/mol. The number of hydrogen-bond acceptors (Lipinski definition) is 2. The molecule has 3 aromatic carbocycles. The van der Waals surface area contributed by atoms with E-state index in [4.69, 9.17) is 4.74 Å². The summed E-state index contributed by atoms with van der Waals surface area (Å²) in [5.74, 6) is 6.04. The van der Waals surface area contributed by atoms with Crippen LogP contribution in [-0.4, -0.2) is 12.6 Å². The molecule has 2 heteroatoms. The van der Waals surface area contributed by atoms with Crippen molar-refractivity contribution in [1.29, 1.82) is 0 Å². The molecule has 0 atom stereocenters. The Morgan fingerprint density at radius 3 is 2.39 bits per heavy atom. The zero-order chi connectivity index (χ0) is 19.8. The van der Waals surface area contributed by atoms with Gasteiger partial charge in [-0.05, 0) is 60.9 Å². The number of aryl methyl sites for hydroxylation is 1. The van der Waals surface area contributed by atoms with E-state index < -0.39 is 0 Å². The highest BCUT2D eigenvalue weighted by Crippen LogP contribution is 2.23. The minimum absolute atomic E-state index is 0.300. The van der Waals surface area contributed by atoms with Crippen LogP contribution >= 0.6 is 0 Å². The summed E-state index contributed by atoms with van der Waals surface area (Å²) in [5.41, 5.74) is 6.06. The number of rotatable bonds is 4. The van der Waals surface area contributed by atoms with Crippen molar-refractivity contribution in [2.75, 3.05) is 6.61 Å². The Morgan fingerprint density at radius 1 is 0.964 bits per heavy atom. The van der Waals surface area contributed by atoms with Gasteiger partial charge < -0.3 is 4.74 Å². The lowest BCUT2D eigenvalue weighted by Gasteiger charge is -2.05. The summed E-state index contributed by atoms with van der Waals surface area (Å²) in [5, 5.41) is 0. The summed E-state index contributed by atoms with van der Waals surface area (Å²) < 4.78 is 4.99. The van der Waals surface area contributed by atoms with E-state index in [2.05, 4.69) is 49.1 Å². The summed E-state index contributed by atoms with van der Waals surface area (Å²) in [6, 6.07) is 23.9. The van der Waals surface area contributed by atoms with Crippen molar-refractivity contribution in [3.05, 3.63) is 101 Å². The van der Waals surface area contributed by atoms with Crippen molar-refractivity contribution >= 4 is 12.0 Å². The third-order valence-electron chi connectivity index (χ3n) is 4.28. The second-order valence-corrected chi connectivity index (χ2v) is 6.36. The summed E-state index contributed by atoms with van der Waals surface area (Å²) in [6.45, 7) is 4.25. The van der Waals surface area contributed by atoms with E-state index in [9.17, 15) is 4.79 Å². The summed E-state index contributed by atoms with van der Waals surface area (Å²) >= 11 is 0. The molecule has 0 aliphatic rings. The Labute approximate surface area is 166 Å². The van der Waals surface area contributed by atoms with Gasteiger partial charge in [0.15, 0.2) is 0 Å². The number of ether oxygens (including phenoxy) is 1. The van der Waals surface area contributed by atoms with Gasteiger partial charge in [-0.2, -0.15) is 0 Å². The first-order chi connectivity index (χ1) is 13.7. The molecule has 0 saturated carbocycles. The van der Waals surface area contributed by atoms with Crippen LogP contribution in [0.1, 0.15) is 34.0 Å². The van der Waals surface area contributed by atoms with Crippen LogP contribution in [0.25, 0.3) is 17.2 Å². The normalized spacial score (nSPS) is 10.4. The van der Waals surface area contributed by atoms with Crippen molar-refractivity contribution in [3.63, 3.8) is 0 Å². The van der Waals surface area contributed by atoms with Crippen molar-refractivity contribution in [1.82, 2.24) is 0 Å². The lowest BCUT2D eigenvalue weighted by atomic mass is 9.99. The second-order valence-electron chi connectivity index (χ2n) is 6.36. The third kappa shape index (κ3) is 4.99. The molecule has 3 aromatic rings. The Kier molecular flexibility index (Phi) is 6.44. The molecule has 0 spiro atoms. The van der Waals surface area contributed by atoms with E-state index in [1.165, 1.54) is 5.56 Å². The molecule has 0 heterocycles.